The number of carbonyl (C=O) groups excluding carboxylic acids is 2. The van der Waals surface area contributed by atoms with E-state index in [0.29, 0.717) is 11.3 Å². The highest BCUT2D eigenvalue weighted by atomic mass is 19.4. The molecule has 1 heterocycles. The zero-order chi connectivity index (χ0) is 20.2. The summed E-state index contributed by atoms with van der Waals surface area (Å²) in [4.78, 5) is 26.0. The maximum atomic E-state index is 13.6. The largest absolute Gasteiger partial charge is 0.497 e. The molecule has 8 heteroatoms. The summed E-state index contributed by atoms with van der Waals surface area (Å²) in [7, 11) is 1.48. The van der Waals surface area contributed by atoms with E-state index in [1.165, 1.54) is 7.11 Å². The molecule has 0 bridgehead atoms. The molecule has 0 spiro atoms. The minimum absolute atomic E-state index is 0.0445. The number of carbonyl (C=O) groups is 2. The van der Waals surface area contributed by atoms with Crippen LogP contribution in [0.2, 0.25) is 0 Å². The number of hydrogen-bond donors (Lipinski definition) is 1. The molecule has 1 aliphatic heterocycles. The summed E-state index contributed by atoms with van der Waals surface area (Å²) in [5, 5.41) is 10.3. The van der Waals surface area contributed by atoms with Gasteiger partial charge in [0.1, 0.15) is 5.75 Å². The Morgan fingerprint density at radius 2 is 1.74 bits per heavy atom. The van der Waals surface area contributed by atoms with E-state index in [1.54, 1.807) is 38.1 Å². The molecule has 146 valence electrons. The first-order valence-electron chi connectivity index (χ1n) is 8.41. The summed E-state index contributed by atoms with van der Waals surface area (Å²) in [5.41, 5.74) is -4.71. The van der Waals surface area contributed by atoms with Crippen LogP contribution in [0.25, 0.3) is 0 Å². The SMILES string of the molecule is COc1ccc(CN2C(=O)[C@](O)(C(F)(F)F)C3=C2CC(C)(C)CC3=O)cc1. The van der Waals surface area contributed by atoms with Gasteiger partial charge in [0.15, 0.2) is 5.78 Å². The van der Waals surface area contributed by atoms with Crippen LogP contribution in [0.5, 0.6) is 5.75 Å². The van der Waals surface area contributed by atoms with Crippen LogP contribution in [-0.2, 0) is 16.1 Å². The lowest BCUT2D eigenvalue weighted by Gasteiger charge is -2.33. The Bertz CT molecular complexity index is 826. The highest BCUT2D eigenvalue weighted by Crippen LogP contribution is 2.51. The van der Waals surface area contributed by atoms with Crippen LogP contribution in [0.15, 0.2) is 35.5 Å². The third kappa shape index (κ3) is 3.01. The van der Waals surface area contributed by atoms with Gasteiger partial charge in [-0.3, -0.25) is 9.59 Å². The Hall–Kier alpha value is -2.35. The van der Waals surface area contributed by atoms with Gasteiger partial charge in [0, 0.05) is 12.1 Å². The van der Waals surface area contributed by atoms with Crippen molar-refractivity contribution in [3.63, 3.8) is 0 Å². The lowest BCUT2D eigenvalue weighted by Crippen LogP contribution is -2.55. The third-order valence-electron chi connectivity index (χ3n) is 5.00. The summed E-state index contributed by atoms with van der Waals surface area (Å²) >= 11 is 0. The molecule has 2 aliphatic rings. The highest BCUT2D eigenvalue weighted by Gasteiger charge is 2.70. The average Bonchev–Trinajstić information content (AvgIpc) is 2.76. The van der Waals surface area contributed by atoms with Crippen molar-refractivity contribution in [3.8, 4) is 5.75 Å². The molecule has 5 nitrogen and oxygen atoms in total. The van der Waals surface area contributed by atoms with Gasteiger partial charge in [-0.15, -0.1) is 0 Å². The van der Waals surface area contributed by atoms with Crippen LogP contribution in [-0.4, -0.2) is 40.6 Å². The molecule has 0 radical (unpaired) electrons. The van der Waals surface area contributed by atoms with Gasteiger partial charge >= 0.3 is 6.18 Å². The van der Waals surface area contributed by atoms with Crippen molar-refractivity contribution in [2.45, 2.75) is 45.0 Å². The van der Waals surface area contributed by atoms with Crippen molar-refractivity contribution in [2.75, 3.05) is 7.11 Å². The summed E-state index contributed by atoms with van der Waals surface area (Å²) in [6.45, 7) is 3.31. The standard InChI is InChI=1S/C19H20F3NO4/c1-17(2)8-13-15(14(24)9-17)18(26,19(20,21)22)16(25)23(13)10-11-4-6-12(27-3)7-5-11/h4-7,26H,8-10H2,1-3H3/t18-/m0/s1. The number of halogens is 3. The predicted molar refractivity (Wildman–Crippen MR) is 89.6 cm³/mol. The van der Waals surface area contributed by atoms with Gasteiger partial charge in [0.05, 0.1) is 19.2 Å². The van der Waals surface area contributed by atoms with Gasteiger partial charge in [-0.05, 0) is 29.5 Å². The molecule has 0 aromatic heterocycles. The quantitative estimate of drug-likeness (QED) is 0.872. The van der Waals surface area contributed by atoms with Crippen LogP contribution in [0.4, 0.5) is 13.2 Å². The second-order valence-corrected chi connectivity index (χ2v) is 7.71. The Morgan fingerprint density at radius 3 is 2.26 bits per heavy atom. The van der Waals surface area contributed by atoms with E-state index in [0.717, 1.165) is 4.90 Å². The van der Waals surface area contributed by atoms with E-state index in [1.807, 2.05) is 0 Å². The summed E-state index contributed by atoms with van der Waals surface area (Å²) in [5.74, 6) is -1.80. The number of aliphatic hydroxyl groups is 1. The van der Waals surface area contributed by atoms with E-state index in [4.69, 9.17) is 4.74 Å². The minimum atomic E-state index is -5.28. The van der Waals surface area contributed by atoms with E-state index < -0.39 is 34.5 Å². The lowest BCUT2D eigenvalue weighted by atomic mass is 9.73. The highest BCUT2D eigenvalue weighted by molar-refractivity contribution is 6.11. The van der Waals surface area contributed by atoms with E-state index in [9.17, 15) is 27.9 Å². The predicted octanol–water partition coefficient (Wildman–Crippen LogP) is 2.97. The topological polar surface area (TPSA) is 66.8 Å². The number of methoxy groups -OCH3 is 1. The molecule has 1 N–H and O–H groups in total. The summed E-state index contributed by atoms with van der Waals surface area (Å²) in [6.07, 6.45) is -5.35. The number of benzene rings is 1. The number of rotatable bonds is 3. The molecule has 1 amide bonds. The van der Waals surface area contributed by atoms with Crippen molar-refractivity contribution in [2.24, 2.45) is 5.41 Å². The molecule has 3 rings (SSSR count). The Balaban J connectivity index is 2.08. The second kappa shape index (κ2) is 6.09. The first-order valence-corrected chi connectivity index (χ1v) is 8.41. The van der Waals surface area contributed by atoms with Gasteiger partial charge in [-0.25, -0.2) is 0 Å². The maximum Gasteiger partial charge on any atom is 0.430 e. The number of hydrogen-bond acceptors (Lipinski definition) is 4. The number of amides is 1. The van der Waals surface area contributed by atoms with Crippen molar-refractivity contribution in [1.29, 1.82) is 0 Å². The van der Waals surface area contributed by atoms with Crippen LogP contribution >= 0.6 is 0 Å². The van der Waals surface area contributed by atoms with Crippen molar-refractivity contribution in [1.82, 2.24) is 4.90 Å². The molecule has 27 heavy (non-hydrogen) atoms. The van der Waals surface area contributed by atoms with Gasteiger partial charge in [0.25, 0.3) is 11.5 Å². The van der Waals surface area contributed by atoms with Crippen molar-refractivity contribution in [3.05, 3.63) is 41.1 Å². The van der Waals surface area contributed by atoms with Crippen LogP contribution in [0.1, 0.15) is 32.3 Å². The first kappa shape index (κ1) is 19.4. The number of nitrogens with zero attached hydrogens (tertiary/aromatic N) is 1. The molecular formula is C19H20F3NO4. The number of Topliss-reactive ketones (excluding diaryl/α,β-unsaturated/α-hetero) is 1. The Morgan fingerprint density at radius 1 is 1.15 bits per heavy atom. The van der Waals surface area contributed by atoms with Gasteiger partial charge < -0.3 is 14.7 Å². The smallest absolute Gasteiger partial charge is 0.430 e. The molecular weight excluding hydrogens is 363 g/mol. The summed E-state index contributed by atoms with van der Waals surface area (Å²) < 4.78 is 46.0. The molecule has 0 saturated carbocycles. The molecule has 1 aliphatic carbocycles. The van der Waals surface area contributed by atoms with Gasteiger partial charge in [-0.2, -0.15) is 13.2 Å². The summed E-state index contributed by atoms with van der Waals surface area (Å²) in [6, 6.07) is 6.48. The molecule has 1 aromatic carbocycles. The first-order chi connectivity index (χ1) is 12.4. The number of ketones is 1. The zero-order valence-electron chi connectivity index (χ0n) is 15.2. The fourth-order valence-electron chi connectivity index (χ4n) is 3.70. The minimum Gasteiger partial charge on any atom is -0.497 e. The number of ether oxygens (including phenoxy) is 1. The lowest BCUT2D eigenvalue weighted by molar-refractivity contribution is -0.238. The molecule has 0 fully saturated rings. The molecule has 1 aromatic rings. The normalized spacial score (nSPS) is 25.1. The van der Waals surface area contributed by atoms with Crippen molar-refractivity contribution < 1.29 is 32.6 Å². The Labute approximate surface area is 154 Å². The Kier molecular flexibility index (Phi) is 4.38. The fourth-order valence-corrected chi connectivity index (χ4v) is 3.70. The molecule has 0 unspecified atom stereocenters. The van der Waals surface area contributed by atoms with Gasteiger partial charge in [-0.1, -0.05) is 26.0 Å². The monoisotopic (exact) mass is 383 g/mol. The van der Waals surface area contributed by atoms with E-state index in [2.05, 4.69) is 0 Å². The van der Waals surface area contributed by atoms with E-state index >= 15 is 0 Å². The van der Waals surface area contributed by atoms with Crippen LogP contribution in [0.3, 0.4) is 0 Å². The maximum absolute atomic E-state index is 13.6. The van der Waals surface area contributed by atoms with Crippen LogP contribution in [0, 0.1) is 5.41 Å². The average molecular weight is 383 g/mol. The molecule has 1 atom stereocenters. The van der Waals surface area contributed by atoms with E-state index in [-0.39, 0.29) is 25.1 Å². The van der Waals surface area contributed by atoms with Crippen LogP contribution < -0.4 is 4.74 Å². The number of allylic oxidation sites excluding steroid dienone is 1. The second-order valence-electron chi connectivity index (χ2n) is 7.71. The van der Waals surface area contributed by atoms with Gasteiger partial charge in [0.2, 0.25) is 0 Å². The third-order valence-corrected chi connectivity index (χ3v) is 5.00. The van der Waals surface area contributed by atoms with Crippen molar-refractivity contribution >= 4 is 11.7 Å². The molecule has 0 saturated heterocycles. The zero-order valence-corrected chi connectivity index (χ0v) is 15.2. The number of alkyl halides is 3. The fraction of sp³-hybridized carbons (Fsp3) is 0.474.